The van der Waals surface area contributed by atoms with Gasteiger partial charge in [0.05, 0.1) is 26.2 Å². The third-order valence-corrected chi connectivity index (χ3v) is 6.60. The number of hydrogen-bond acceptors (Lipinski definition) is 6. The first-order chi connectivity index (χ1) is 17.3. The number of hydrogen-bond donors (Lipinski definition) is 0. The number of unbranched alkanes of at least 4 members (excludes halogenated alkanes) is 10. The Kier molecular flexibility index (Phi) is 13.5. The van der Waals surface area contributed by atoms with Gasteiger partial charge in [0.2, 0.25) is 5.91 Å². The van der Waals surface area contributed by atoms with E-state index in [0.29, 0.717) is 31.0 Å². The maximum absolute atomic E-state index is 13.1. The van der Waals surface area contributed by atoms with Crippen LogP contribution in [0.25, 0.3) is 0 Å². The Balaban J connectivity index is 1.87. The lowest BCUT2D eigenvalue weighted by Gasteiger charge is -2.22. The molecular formula is C28H43NO6S. The van der Waals surface area contributed by atoms with Crippen molar-refractivity contribution < 1.29 is 26.5 Å². The monoisotopic (exact) mass is 521 g/mol. The van der Waals surface area contributed by atoms with Gasteiger partial charge in [-0.15, -0.1) is 0 Å². The molecule has 0 N–H and O–H groups in total. The first kappa shape index (κ1) is 29.7. The smallest absolute Gasteiger partial charge is 0.306 e. The Labute approximate surface area is 217 Å². The fourth-order valence-electron chi connectivity index (χ4n) is 4.19. The number of amides is 1. The van der Waals surface area contributed by atoms with Gasteiger partial charge in [0.25, 0.3) is 0 Å². The van der Waals surface area contributed by atoms with Crippen molar-refractivity contribution in [1.29, 1.82) is 0 Å². The van der Waals surface area contributed by atoms with Gasteiger partial charge in [-0.1, -0.05) is 77.2 Å². The van der Waals surface area contributed by atoms with E-state index >= 15 is 0 Å². The number of carbonyl (C=O) groups excluding carboxylic acids is 1. The molecule has 0 bridgehead atoms. The van der Waals surface area contributed by atoms with Crippen LogP contribution in [0.1, 0.15) is 95.3 Å². The zero-order valence-electron chi connectivity index (χ0n) is 22.2. The van der Waals surface area contributed by atoms with Gasteiger partial charge in [-0.25, -0.2) is 0 Å². The number of methoxy groups -OCH3 is 1. The summed E-state index contributed by atoms with van der Waals surface area (Å²) in [5.74, 6) is 1.16. The van der Waals surface area contributed by atoms with E-state index in [0.717, 1.165) is 31.1 Å². The molecule has 1 amide bonds. The molecule has 0 aliphatic rings. The second-order valence-electron chi connectivity index (χ2n) is 9.39. The molecule has 202 valence electrons. The Morgan fingerprint density at radius 1 is 0.889 bits per heavy atom. The molecule has 0 aliphatic carbocycles. The predicted molar refractivity (Wildman–Crippen MR) is 143 cm³/mol. The van der Waals surface area contributed by atoms with Crippen molar-refractivity contribution in [3.63, 3.8) is 0 Å². The van der Waals surface area contributed by atoms with Gasteiger partial charge < -0.3 is 18.2 Å². The van der Waals surface area contributed by atoms with E-state index in [1.54, 1.807) is 35.4 Å². The van der Waals surface area contributed by atoms with Gasteiger partial charge in [-0.3, -0.25) is 4.79 Å². The van der Waals surface area contributed by atoms with Crippen LogP contribution in [0, 0.1) is 0 Å². The first-order valence-electron chi connectivity index (χ1n) is 13.2. The molecular weight excluding hydrogens is 478 g/mol. The van der Waals surface area contributed by atoms with Crippen molar-refractivity contribution in [1.82, 2.24) is 4.90 Å². The molecule has 0 fully saturated rings. The lowest BCUT2D eigenvalue weighted by molar-refractivity contribution is -0.132. The van der Waals surface area contributed by atoms with Crippen LogP contribution >= 0.6 is 0 Å². The second kappa shape index (κ2) is 16.3. The van der Waals surface area contributed by atoms with Crippen molar-refractivity contribution in [2.45, 2.75) is 97.1 Å². The largest absolute Gasteiger partial charge is 0.493 e. The number of benzene rings is 1. The molecule has 36 heavy (non-hydrogen) atoms. The molecule has 8 heteroatoms. The van der Waals surface area contributed by atoms with Crippen LogP contribution in [0.4, 0.5) is 0 Å². The summed E-state index contributed by atoms with van der Waals surface area (Å²) in [5.41, 5.74) is 0.744. The average molecular weight is 522 g/mol. The highest BCUT2D eigenvalue weighted by atomic mass is 32.2. The zero-order chi connectivity index (χ0) is 26.2. The summed E-state index contributed by atoms with van der Waals surface area (Å²) in [5, 5.41) is 0. The van der Waals surface area contributed by atoms with Crippen LogP contribution in [0.3, 0.4) is 0 Å². The highest BCUT2D eigenvalue weighted by Crippen LogP contribution is 2.30. The molecule has 0 spiro atoms. The van der Waals surface area contributed by atoms with Crippen molar-refractivity contribution in [2.75, 3.05) is 13.4 Å². The number of ether oxygens (including phenoxy) is 1. The van der Waals surface area contributed by atoms with E-state index in [1.807, 2.05) is 6.07 Å². The van der Waals surface area contributed by atoms with Gasteiger partial charge in [0.15, 0.2) is 11.5 Å². The quantitative estimate of drug-likeness (QED) is 0.148. The van der Waals surface area contributed by atoms with E-state index in [1.165, 1.54) is 58.5 Å². The number of carbonyl (C=O) groups is 1. The average Bonchev–Trinajstić information content (AvgIpc) is 3.34. The van der Waals surface area contributed by atoms with E-state index in [2.05, 4.69) is 6.92 Å². The lowest BCUT2D eigenvalue weighted by atomic mass is 10.0. The summed E-state index contributed by atoms with van der Waals surface area (Å²) in [4.78, 5) is 14.8. The molecule has 0 unspecified atom stereocenters. The van der Waals surface area contributed by atoms with E-state index in [-0.39, 0.29) is 11.7 Å². The molecule has 1 heterocycles. The van der Waals surface area contributed by atoms with Gasteiger partial charge in [0.1, 0.15) is 5.76 Å². The Morgan fingerprint density at radius 3 is 2.08 bits per heavy atom. The lowest BCUT2D eigenvalue weighted by Crippen LogP contribution is -2.29. The van der Waals surface area contributed by atoms with Crippen molar-refractivity contribution in [3.8, 4) is 11.5 Å². The summed E-state index contributed by atoms with van der Waals surface area (Å²) in [6, 6.07) is 8.69. The maximum Gasteiger partial charge on any atom is 0.306 e. The van der Waals surface area contributed by atoms with Crippen molar-refractivity contribution >= 4 is 16.0 Å². The third kappa shape index (κ3) is 12.0. The number of nitrogens with zero attached hydrogens (tertiary/aromatic N) is 1. The standard InChI is InChI=1S/C28H43NO6S/c1-4-5-6-7-8-9-10-11-12-13-14-17-28(30)29(23-25-16-15-20-34-25)22-24-18-19-26(33-2)27(21-24)35-36(3,31)32/h15-16,18-21H,4-14,17,22-23H2,1-3H3. The first-order valence-corrected chi connectivity index (χ1v) is 15.0. The fraction of sp³-hybridized carbons (Fsp3) is 0.607. The topological polar surface area (TPSA) is 86.0 Å². The van der Waals surface area contributed by atoms with Crippen molar-refractivity contribution in [2.24, 2.45) is 0 Å². The summed E-state index contributed by atoms with van der Waals surface area (Å²) in [7, 11) is -2.27. The molecule has 2 rings (SSSR count). The predicted octanol–water partition coefficient (Wildman–Crippen LogP) is 6.86. The van der Waals surface area contributed by atoms with Crippen molar-refractivity contribution in [3.05, 3.63) is 47.9 Å². The molecule has 0 atom stereocenters. The normalized spacial score (nSPS) is 11.4. The summed E-state index contributed by atoms with van der Waals surface area (Å²) in [6.45, 7) is 2.90. The van der Waals surface area contributed by atoms with E-state index in [9.17, 15) is 13.2 Å². The van der Waals surface area contributed by atoms with E-state index in [4.69, 9.17) is 13.3 Å². The molecule has 7 nitrogen and oxygen atoms in total. The maximum atomic E-state index is 13.1. The van der Waals surface area contributed by atoms with Crippen LogP contribution in [-0.2, 0) is 28.0 Å². The fourth-order valence-corrected chi connectivity index (χ4v) is 4.65. The highest BCUT2D eigenvalue weighted by Gasteiger charge is 2.18. The Bertz CT molecular complexity index is 987. The molecule has 0 aliphatic heterocycles. The molecule has 0 saturated carbocycles. The van der Waals surface area contributed by atoms with Crippen LogP contribution in [0.5, 0.6) is 11.5 Å². The molecule has 1 aromatic heterocycles. The van der Waals surface area contributed by atoms with Gasteiger partial charge in [0, 0.05) is 13.0 Å². The molecule has 2 aromatic rings. The Morgan fingerprint density at radius 2 is 1.53 bits per heavy atom. The summed E-state index contributed by atoms with van der Waals surface area (Å²) < 4.78 is 39.1. The molecule has 0 saturated heterocycles. The second-order valence-corrected chi connectivity index (χ2v) is 11.0. The van der Waals surface area contributed by atoms with Crippen LogP contribution in [0.2, 0.25) is 0 Å². The summed E-state index contributed by atoms with van der Waals surface area (Å²) in [6.07, 6.45) is 16.6. The van der Waals surface area contributed by atoms with Crippen LogP contribution < -0.4 is 8.92 Å². The minimum absolute atomic E-state index is 0.0451. The number of furan rings is 1. The minimum atomic E-state index is -3.72. The molecule has 1 aromatic carbocycles. The molecule has 0 radical (unpaired) electrons. The van der Waals surface area contributed by atoms with Crippen LogP contribution in [0.15, 0.2) is 41.0 Å². The highest BCUT2D eigenvalue weighted by molar-refractivity contribution is 7.86. The van der Waals surface area contributed by atoms with E-state index < -0.39 is 10.1 Å². The summed E-state index contributed by atoms with van der Waals surface area (Å²) >= 11 is 0. The van der Waals surface area contributed by atoms with Gasteiger partial charge in [-0.05, 0) is 36.2 Å². The van der Waals surface area contributed by atoms with Gasteiger partial charge in [-0.2, -0.15) is 8.42 Å². The third-order valence-electron chi connectivity index (χ3n) is 6.12. The zero-order valence-corrected chi connectivity index (χ0v) is 23.0. The Hall–Kier alpha value is -2.48. The SMILES string of the molecule is CCCCCCCCCCCCCC(=O)N(Cc1ccc(OC)c(OS(C)(=O)=O)c1)Cc1ccco1. The van der Waals surface area contributed by atoms with Crippen LogP contribution in [-0.4, -0.2) is 32.6 Å². The number of rotatable bonds is 19. The van der Waals surface area contributed by atoms with Gasteiger partial charge >= 0.3 is 10.1 Å². The minimum Gasteiger partial charge on any atom is -0.493 e.